The van der Waals surface area contributed by atoms with Crippen LogP contribution in [0, 0.1) is 11.3 Å². The van der Waals surface area contributed by atoms with Gasteiger partial charge in [-0.05, 0) is 43.2 Å². The van der Waals surface area contributed by atoms with Crippen molar-refractivity contribution >= 4 is 17.7 Å². The predicted molar refractivity (Wildman–Crippen MR) is 117 cm³/mol. The van der Waals surface area contributed by atoms with Crippen molar-refractivity contribution in [2.75, 3.05) is 26.2 Å². The fourth-order valence-electron chi connectivity index (χ4n) is 5.01. The lowest BCUT2D eigenvalue weighted by Crippen LogP contribution is -2.50. The maximum Gasteiger partial charge on any atom is 0.225 e. The number of hydrogen-bond donors (Lipinski definition) is 1. The lowest BCUT2D eigenvalue weighted by atomic mass is 9.71. The molecule has 2 heterocycles. The lowest BCUT2D eigenvalue weighted by molar-refractivity contribution is -0.141. The zero-order valence-corrected chi connectivity index (χ0v) is 18.5. The smallest absolute Gasteiger partial charge is 0.225 e. The van der Waals surface area contributed by atoms with Crippen LogP contribution in [-0.4, -0.2) is 53.7 Å². The van der Waals surface area contributed by atoms with E-state index in [0.29, 0.717) is 32.4 Å². The van der Waals surface area contributed by atoms with Crippen LogP contribution in [0.2, 0.25) is 0 Å². The fourth-order valence-corrected chi connectivity index (χ4v) is 5.01. The first-order chi connectivity index (χ1) is 14.2. The number of carbonyl (C=O) groups is 3. The molecular weight excluding hydrogens is 378 g/mol. The van der Waals surface area contributed by atoms with Gasteiger partial charge in [-0.25, -0.2) is 0 Å². The van der Waals surface area contributed by atoms with E-state index in [-0.39, 0.29) is 29.6 Å². The average molecular weight is 414 g/mol. The summed E-state index contributed by atoms with van der Waals surface area (Å²) in [7, 11) is 0. The average Bonchev–Trinajstić information content (AvgIpc) is 2.74. The third-order valence-corrected chi connectivity index (χ3v) is 6.94. The molecule has 30 heavy (non-hydrogen) atoms. The Balaban J connectivity index is 1.80. The topological polar surface area (TPSA) is 83.7 Å². The monoisotopic (exact) mass is 413 g/mol. The van der Waals surface area contributed by atoms with E-state index in [1.165, 1.54) is 5.56 Å². The van der Waals surface area contributed by atoms with Crippen LogP contribution >= 0.6 is 0 Å². The standard InChI is InChI=1S/C24H35N3O3/c1-17(2)22(29)26-13-10-24(11-14-26,23(25)30)15-19-7-4-5-9-21(19)20-8-6-12-27(16-20)18(3)28/h4-5,7,9,17,20H,6,8,10-16H2,1-3H3,(H2,25,30)/t20-/m1/s1. The molecule has 6 heteroatoms. The summed E-state index contributed by atoms with van der Waals surface area (Å²) in [5.41, 5.74) is 7.68. The Morgan fingerprint density at radius 1 is 1.10 bits per heavy atom. The summed E-state index contributed by atoms with van der Waals surface area (Å²) in [6, 6.07) is 8.27. The molecule has 0 radical (unpaired) electrons. The number of piperidine rings is 2. The minimum atomic E-state index is -0.626. The Labute approximate surface area is 179 Å². The summed E-state index contributed by atoms with van der Waals surface area (Å²) in [4.78, 5) is 40.6. The SMILES string of the molecule is CC(=O)N1CCC[C@@H](c2ccccc2CC2(C(N)=O)CCN(C(=O)C(C)C)CC2)C1. The van der Waals surface area contributed by atoms with E-state index in [9.17, 15) is 14.4 Å². The van der Waals surface area contributed by atoms with Gasteiger partial charge in [-0.3, -0.25) is 14.4 Å². The second-order valence-electron chi connectivity index (χ2n) is 9.30. The van der Waals surface area contributed by atoms with Crippen LogP contribution in [0.15, 0.2) is 24.3 Å². The van der Waals surface area contributed by atoms with Crippen molar-refractivity contribution < 1.29 is 14.4 Å². The van der Waals surface area contributed by atoms with Crippen LogP contribution in [0.25, 0.3) is 0 Å². The number of carbonyl (C=O) groups excluding carboxylic acids is 3. The lowest BCUT2D eigenvalue weighted by Gasteiger charge is -2.41. The first kappa shape index (κ1) is 22.3. The molecule has 1 atom stereocenters. The van der Waals surface area contributed by atoms with E-state index in [4.69, 9.17) is 5.73 Å². The second kappa shape index (κ2) is 9.19. The molecule has 0 aromatic heterocycles. The quantitative estimate of drug-likeness (QED) is 0.806. The van der Waals surface area contributed by atoms with Gasteiger partial charge in [-0.15, -0.1) is 0 Å². The highest BCUT2D eigenvalue weighted by molar-refractivity contribution is 5.83. The Bertz CT molecular complexity index is 797. The molecule has 0 aliphatic carbocycles. The van der Waals surface area contributed by atoms with Gasteiger partial charge in [0.15, 0.2) is 0 Å². The Kier molecular flexibility index (Phi) is 6.84. The molecule has 2 saturated heterocycles. The van der Waals surface area contributed by atoms with Gasteiger partial charge in [-0.1, -0.05) is 38.1 Å². The fraction of sp³-hybridized carbons (Fsp3) is 0.625. The molecule has 2 aliphatic rings. The van der Waals surface area contributed by atoms with Crippen molar-refractivity contribution in [1.29, 1.82) is 0 Å². The van der Waals surface area contributed by atoms with Gasteiger partial charge >= 0.3 is 0 Å². The Morgan fingerprint density at radius 3 is 2.37 bits per heavy atom. The normalized spacial score (nSPS) is 21.5. The van der Waals surface area contributed by atoms with Crippen LogP contribution in [0.5, 0.6) is 0 Å². The molecule has 1 aromatic rings. The second-order valence-corrected chi connectivity index (χ2v) is 9.30. The van der Waals surface area contributed by atoms with Gasteiger partial charge in [0.05, 0.1) is 5.41 Å². The number of primary amides is 1. The maximum absolute atomic E-state index is 12.6. The van der Waals surface area contributed by atoms with Gasteiger partial charge in [0, 0.05) is 44.9 Å². The maximum atomic E-state index is 12.6. The van der Waals surface area contributed by atoms with Gasteiger partial charge in [-0.2, -0.15) is 0 Å². The van der Waals surface area contributed by atoms with Crippen molar-refractivity contribution in [3.05, 3.63) is 35.4 Å². The van der Waals surface area contributed by atoms with Crippen molar-refractivity contribution in [1.82, 2.24) is 9.80 Å². The van der Waals surface area contributed by atoms with E-state index in [2.05, 4.69) is 12.1 Å². The van der Waals surface area contributed by atoms with Crippen molar-refractivity contribution in [2.45, 2.75) is 58.8 Å². The Hall–Kier alpha value is -2.37. The third-order valence-electron chi connectivity index (χ3n) is 6.94. The van der Waals surface area contributed by atoms with Crippen molar-refractivity contribution in [3.8, 4) is 0 Å². The summed E-state index contributed by atoms with van der Waals surface area (Å²) >= 11 is 0. The summed E-state index contributed by atoms with van der Waals surface area (Å²) in [6.07, 6.45) is 3.82. The highest BCUT2D eigenvalue weighted by Crippen LogP contribution is 2.38. The molecule has 0 spiro atoms. The van der Waals surface area contributed by atoms with Crippen LogP contribution < -0.4 is 5.73 Å². The van der Waals surface area contributed by atoms with E-state index in [0.717, 1.165) is 31.5 Å². The molecule has 2 fully saturated rings. The number of nitrogens with zero attached hydrogens (tertiary/aromatic N) is 2. The number of hydrogen-bond acceptors (Lipinski definition) is 3. The van der Waals surface area contributed by atoms with Gasteiger partial charge in [0.25, 0.3) is 0 Å². The summed E-state index contributed by atoms with van der Waals surface area (Å²) in [5.74, 6) is 0.227. The number of rotatable bonds is 5. The molecular formula is C24H35N3O3. The van der Waals surface area contributed by atoms with Crippen LogP contribution in [0.1, 0.15) is 63.5 Å². The molecule has 2 aliphatic heterocycles. The van der Waals surface area contributed by atoms with Crippen molar-refractivity contribution in [2.24, 2.45) is 17.1 Å². The molecule has 3 amide bonds. The summed E-state index contributed by atoms with van der Waals surface area (Å²) in [6.45, 7) is 8.13. The minimum absolute atomic E-state index is 0.0395. The van der Waals surface area contributed by atoms with Gasteiger partial charge in [0.1, 0.15) is 0 Å². The molecule has 3 rings (SSSR count). The molecule has 164 valence electrons. The Morgan fingerprint density at radius 2 is 1.77 bits per heavy atom. The van der Waals surface area contributed by atoms with Crippen LogP contribution in [0.3, 0.4) is 0 Å². The predicted octanol–water partition coefficient (Wildman–Crippen LogP) is 2.71. The highest BCUT2D eigenvalue weighted by Gasteiger charge is 2.42. The number of amides is 3. The first-order valence-corrected chi connectivity index (χ1v) is 11.2. The van der Waals surface area contributed by atoms with E-state index in [1.807, 2.05) is 35.8 Å². The molecule has 6 nitrogen and oxygen atoms in total. The zero-order valence-electron chi connectivity index (χ0n) is 18.5. The zero-order chi connectivity index (χ0) is 21.9. The molecule has 1 aromatic carbocycles. The van der Waals surface area contributed by atoms with Crippen LogP contribution in [0.4, 0.5) is 0 Å². The number of nitrogens with two attached hydrogens (primary N) is 1. The van der Waals surface area contributed by atoms with Gasteiger partial charge in [0.2, 0.25) is 17.7 Å². The first-order valence-electron chi connectivity index (χ1n) is 11.2. The third kappa shape index (κ3) is 4.68. The van der Waals surface area contributed by atoms with E-state index in [1.54, 1.807) is 6.92 Å². The summed E-state index contributed by atoms with van der Waals surface area (Å²) < 4.78 is 0. The molecule has 0 saturated carbocycles. The minimum Gasteiger partial charge on any atom is -0.369 e. The highest BCUT2D eigenvalue weighted by atomic mass is 16.2. The van der Waals surface area contributed by atoms with Crippen molar-refractivity contribution in [3.63, 3.8) is 0 Å². The number of benzene rings is 1. The van der Waals surface area contributed by atoms with Gasteiger partial charge < -0.3 is 15.5 Å². The van der Waals surface area contributed by atoms with E-state index < -0.39 is 5.41 Å². The molecule has 2 N–H and O–H groups in total. The molecule has 0 bridgehead atoms. The largest absolute Gasteiger partial charge is 0.369 e. The number of likely N-dealkylation sites (tertiary alicyclic amines) is 2. The molecule has 0 unspecified atom stereocenters. The van der Waals surface area contributed by atoms with E-state index >= 15 is 0 Å². The summed E-state index contributed by atoms with van der Waals surface area (Å²) in [5, 5.41) is 0. The van der Waals surface area contributed by atoms with Crippen LogP contribution in [-0.2, 0) is 20.8 Å².